The van der Waals surface area contributed by atoms with Crippen LogP contribution in [-0.2, 0) is 11.2 Å². The van der Waals surface area contributed by atoms with Gasteiger partial charge < -0.3 is 10.2 Å². The zero-order valence-corrected chi connectivity index (χ0v) is 12.7. The number of amides is 1. The molecule has 0 fully saturated rings. The Balaban J connectivity index is 2.46. The summed E-state index contributed by atoms with van der Waals surface area (Å²) in [7, 11) is 0. The first-order chi connectivity index (χ1) is 9.60. The third-order valence-electron chi connectivity index (χ3n) is 3.49. The molecule has 0 heterocycles. The third kappa shape index (κ3) is 5.29. The second-order valence-corrected chi connectivity index (χ2v) is 4.85. The fourth-order valence-electron chi connectivity index (χ4n) is 2.10. The van der Waals surface area contributed by atoms with E-state index in [-0.39, 0.29) is 17.4 Å². The van der Waals surface area contributed by atoms with Gasteiger partial charge in [-0.25, -0.2) is 4.39 Å². The van der Waals surface area contributed by atoms with E-state index >= 15 is 0 Å². The maximum Gasteiger partial charge on any atom is 0.224 e. The summed E-state index contributed by atoms with van der Waals surface area (Å²) in [5, 5.41) is 2.66. The highest BCUT2D eigenvalue weighted by atomic mass is 19.1. The van der Waals surface area contributed by atoms with Crippen molar-refractivity contribution < 1.29 is 9.18 Å². The number of halogens is 1. The molecule has 0 atom stereocenters. The Hall–Kier alpha value is -1.42. The van der Waals surface area contributed by atoms with Gasteiger partial charge in [0.2, 0.25) is 5.91 Å². The lowest BCUT2D eigenvalue weighted by molar-refractivity contribution is -0.116. The Morgan fingerprint density at radius 1 is 1.25 bits per heavy atom. The van der Waals surface area contributed by atoms with Gasteiger partial charge in [0.1, 0.15) is 5.82 Å². The molecule has 0 radical (unpaired) electrons. The molecule has 0 bridgehead atoms. The van der Waals surface area contributed by atoms with Gasteiger partial charge in [-0.05, 0) is 50.2 Å². The predicted octanol–water partition coefficient (Wildman–Crippen LogP) is 3.45. The molecule has 3 nitrogen and oxygen atoms in total. The molecular formula is C16H25FN2O. The molecule has 0 unspecified atom stereocenters. The van der Waals surface area contributed by atoms with Crippen LogP contribution in [0.3, 0.4) is 0 Å². The van der Waals surface area contributed by atoms with Gasteiger partial charge in [-0.2, -0.15) is 0 Å². The van der Waals surface area contributed by atoms with Crippen molar-refractivity contribution in [1.82, 2.24) is 4.90 Å². The van der Waals surface area contributed by atoms with Crippen LogP contribution < -0.4 is 5.32 Å². The first kappa shape index (κ1) is 16.6. The van der Waals surface area contributed by atoms with Crippen molar-refractivity contribution in [3.05, 3.63) is 29.6 Å². The summed E-state index contributed by atoms with van der Waals surface area (Å²) in [4.78, 5) is 14.1. The number of carbonyl (C=O) groups is 1. The maximum absolute atomic E-state index is 13.6. The molecule has 20 heavy (non-hydrogen) atoms. The van der Waals surface area contributed by atoms with Crippen LogP contribution in [0.4, 0.5) is 10.1 Å². The molecule has 0 saturated carbocycles. The van der Waals surface area contributed by atoms with E-state index in [1.54, 1.807) is 12.1 Å². The van der Waals surface area contributed by atoms with Crippen LogP contribution in [0.25, 0.3) is 0 Å². The van der Waals surface area contributed by atoms with E-state index in [2.05, 4.69) is 24.1 Å². The SMILES string of the molecule is CCc1ccc(F)c(NC(=O)CCCN(CC)CC)c1. The van der Waals surface area contributed by atoms with Gasteiger partial charge in [0, 0.05) is 6.42 Å². The number of hydrogen-bond donors (Lipinski definition) is 1. The first-order valence-electron chi connectivity index (χ1n) is 7.41. The summed E-state index contributed by atoms with van der Waals surface area (Å²) in [6, 6.07) is 4.85. The summed E-state index contributed by atoms with van der Waals surface area (Å²) in [6.07, 6.45) is 2.04. The Labute approximate surface area is 121 Å². The lowest BCUT2D eigenvalue weighted by atomic mass is 10.1. The number of aryl methyl sites for hydroxylation is 1. The van der Waals surface area contributed by atoms with Crippen molar-refractivity contribution >= 4 is 11.6 Å². The van der Waals surface area contributed by atoms with E-state index in [9.17, 15) is 9.18 Å². The Morgan fingerprint density at radius 2 is 1.95 bits per heavy atom. The summed E-state index contributed by atoms with van der Waals surface area (Å²) in [6.45, 7) is 9.10. The minimum Gasteiger partial charge on any atom is -0.324 e. The number of nitrogens with one attached hydrogen (secondary N) is 1. The highest BCUT2D eigenvalue weighted by molar-refractivity contribution is 5.90. The van der Waals surface area contributed by atoms with E-state index < -0.39 is 0 Å². The summed E-state index contributed by atoms with van der Waals surface area (Å²) in [5.41, 5.74) is 1.31. The second-order valence-electron chi connectivity index (χ2n) is 4.85. The highest BCUT2D eigenvalue weighted by Crippen LogP contribution is 2.17. The Bertz CT molecular complexity index is 430. The molecule has 0 aliphatic heterocycles. The van der Waals surface area contributed by atoms with Crippen LogP contribution in [0.2, 0.25) is 0 Å². The molecule has 1 N–H and O–H groups in total. The Kier molecular flexibility index (Phi) is 7.23. The Morgan fingerprint density at radius 3 is 2.55 bits per heavy atom. The number of rotatable bonds is 8. The van der Waals surface area contributed by atoms with Gasteiger partial charge >= 0.3 is 0 Å². The lowest BCUT2D eigenvalue weighted by Gasteiger charge is -2.17. The zero-order valence-electron chi connectivity index (χ0n) is 12.7. The molecule has 0 spiro atoms. The molecule has 4 heteroatoms. The largest absolute Gasteiger partial charge is 0.324 e. The van der Waals surface area contributed by atoms with Crippen molar-refractivity contribution in [3.63, 3.8) is 0 Å². The topological polar surface area (TPSA) is 32.3 Å². The van der Waals surface area contributed by atoms with Gasteiger partial charge in [0.15, 0.2) is 0 Å². The monoisotopic (exact) mass is 280 g/mol. The van der Waals surface area contributed by atoms with Crippen LogP contribution in [-0.4, -0.2) is 30.4 Å². The van der Waals surface area contributed by atoms with Crippen LogP contribution >= 0.6 is 0 Å². The van der Waals surface area contributed by atoms with Gasteiger partial charge in [-0.1, -0.05) is 26.8 Å². The molecule has 0 aromatic heterocycles. The molecular weight excluding hydrogens is 255 g/mol. The quantitative estimate of drug-likeness (QED) is 0.791. The van der Waals surface area contributed by atoms with E-state index in [0.29, 0.717) is 6.42 Å². The van der Waals surface area contributed by atoms with Gasteiger partial charge in [-0.15, -0.1) is 0 Å². The summed E-state index contributed by atoms with van der Waals surface area (Å²) < 4.78 is 13.6. The fraction of sp³-hybridized carbons (Fsp3) is 0.562. The van der Waals surface area contributed by atoms with E-state index in [1.807, 2.05) is 6.92 Å². The van der Waals surface area contributed by atoms with Gasteiger partial charge in [0.25, 0.3) is 0 Å². The molecule has 0 saturated heterocycles. The van der Waals surface area contributed by atoms with Crippen molar-refractivity contribution in [2.75, 3.05) is 25.0 Å². The molecule has 1 amide bonds. The molecule has 0 aliphatic rings. The first-order valence-corrected chi connectivity index (χ1v) is 7.41. The number of hydrogen-bond acceptors (Lipinski definition) is 2. The fourth-order valence-corrected chi connectivity index (χ4v) is 2.10. The predicted molar refractivity (Wildman–Crippen MR) is 81.4 cm³/mol. The van der Waals surface area contributed by atoms with E-state index in [1.165, 1.54) is 6.07 Å². The third-order valence-corrected chi connectivity index (χ3v) is 3.49. The van der Waals surface area contributed by atoms with Crippen molar-refractivity contribution in [2.45, 2.75) is 40.0 Å². The average molecular weight is 280 g/mol. The molecule has 112 valence electrons. The van der Waals surface area contributed by atoms with Crippen LogP contribution in [0.1, 0.15) is 39.2 Å². The van der Waals surface area contributed by atoms with Crippen molar-refractivity contribution in [3.8, 4) is 0 Å². The van der Waals surface area contributed by atoms with Crippen LogP contribution in [0.5, 0.6) is 0 Å². The molecule has 1 aromatic rings. The van der Waals surface area contributed by atoms with Crippen molar-refractivity contribution in [2.24, 2.45) is 0 Å². The zero-order chi connectivity index (χ0) is 15.0. The van der Waals surface area contributed by atoms with Gasteiger partial charge in [-0.3, -0.25) is 4.79 Å². The number of benzene rings is 1. The summed E-state index contributed by atoms with van der Waals surface area (Å²) >= 11 is 0. The van der Waals surface area contributed by atoms with Crippen LogP contribution in [0, 0.1) is 5.82 Å². The van der Waals surface area contributed by atoms with E-state index in [0.717, 1.165) is 38.0 Å². The number of nitrogens with zero attached hydrogens (tertiary/aromatic N) is 1. The molecule has 1 aromatic carbocycles. The normalized spacial score (nSPS) is 10.8. The van der Waals surface area contributed by atoms with E-state index in [4.69, 9.17) is 0 Å². The molecule has 0 aliphatic carbocycles. The van der Waals surface area contributed by atoms with Crippen molar-refractivity contribution in [1.29, 1.82) is 0 Å². The maximum atomic E-state index is 13.6. The molecule has 1 rings (SSSR count). The smallest absolute Gasteiger partial charge is 0.224 e. The minimum absolute atomic E-state index is 0.121. The average Bonchev–Trinajstić information content (AvgIpc) is 2.46. The standard InChI is InChI=1S/C16H25FN2O/c1-4-13-9-10-14(17)15(12-13)18-16(20)8-7-11-19(5-2)6-3/h9-10,12H,4-8,11H2,1-3H3,(H,18,20). The number of anilines is 1. The second kappa shape index (κ2) is 8.69. The van der Waals surface area contributed by atoms with Crippen LogP contribution in [0.15, 0.2) is 18.2 Å². The lowest BCUT2D eigenvalue weighted by Crippen LogP contribution is -2.25. The minimum atomic E-state index is -0.376. The van der Waals surface area contributed by atoms with Gasteiger partial charge in [0.05, 0.1) is 5.69 Å². The number of carbonyl (C=O) groups excluding carboxylic acids is 1. The highest BCUT2D eigenvalue weighted by Gasteiger charge is 2.08. The summed E-state index contributed by atoms with van der Waals surface area (Å²) in [5.74, 6) is -0.497.